The Morgan fingerprint density at radius 2 is 1.24 bits per heavy atom. The summed E-state index contributed by atoms with van der Waals surface area (Å²) in [6.45, 7) is 0. The van der Waals surface area contributed by atoms with Crippen molar-refractivity contribution in [3.05, 3.63) is 139 Å². The molecule has 0 N–H and O–H groups in total. The van der Waals surface area contributed by atoms with E-state index in [9.17, 15) is 9.59 Å². The topological polar surface area (TPSA) is 34.1 Å². The van der Waals surface area contributed by atoms with Crippen molar-refractivity contribution in [3.8, 4) is 22.3 Å². The lowest BCUT2D eigenvalue weighted by Gasteiger charge is -2.30. The Bertz CT molecular complexity index is 2640. The molecular formula is C42H24O2S. The zero-order valence-corrected chi connectivity index (χ0v) is 24.9. The first-order valence-corrected chi connectivity index (χ1v) is 16.2. The number of allylic oxidation sites excluding steroid dienone is 4. The molecule has 1 aromatic heterocycles. The van der Waals surface area contributed by atoms with Crippen LogP contribution in [0, 0.1) is 11.8 Å². The third kappa shape index (κ3) is 3.39. The fraction of sp³-hybridized carbons (Fsp3) is 0.0476. The summed E-state index contributed by atoms with van der Waals surface area (Å²) in [5, 5.41) is 9.75. The van der Waals surface area contributed by atoms with Gasteiger partial charge < -0.3 is 0 Å². The van der Waals surface area contributed by atoms with Crippen molar-refractivity contribution in [1.82, 2.24) is 0 Å². The molecular weight excluding hydrogens is 569 g/mol. The summed E-state index contributed by atoms with van der Waals surface area (Å²) in [5.74, 6) is -1.62. The quantitative estimate of drug-likeness (QED) is 0.116. The van der Waals surface area contributed by atoms with Crippen LogP contribution in [-0.4, -0.2) is 11.6 Å². The van der Waals surface area contributed by atoms with Crippen molar-refractivity contribution < 1.29 is 9.59 Å². The number of rotatable bonds is 3. The molecule has 0 fully saturated rings. The number of ketones is 2. The Labute approximate surface area is 262 Å². The number of carbonyl (C=O) groups excluding carboxylic acids is 2. The second kappa shape index (κ2) is 9.07. The zero-order valence-electron chi connectivity index (χ0n) is 24.1. The van der Waals surface area contributed by atoms with Crippen LogP contribution in [0.15, 0.2) is 133 Å². The molecule has 2 atom stereocenters. The molecule has 3 aliphatic rings. The summed E-state index contributed by atoms with van der Waals surface area (Å²) in [7, 11) is 0. The molecule has 11 rings (SSSR count). The summed E-state index contributed by atoms with van der Waals surface area (Å²) in [6, 6.07) is 41.6. The van der Waals surface area contributed by atoms with Crippen molar-refractivity contribution in [2.75, 3.05) is 0 Å². The lowest BCUT2D eigenvalue weighted by Crippen LogP contribution is -2.36. The summed E-state index contributed by atoms with van der Waals surface area (Å²) < 4.78 is 2.60. The van der Waals surface area contributed by atoms with Gasteiger partial charge in [-0.1, -0.05) is 121 Å². The van der Waals surface area contributed by atoms with E-state index in [1.54, 1.807) is 0 Å². The number of thiophene rings is 1. The predicted molar refractivity (Wildman–Crippen MR) is 188 cm³/mol. The third-order valence-corrected chi connectivity index (χ3v) is 11.1. The molecule has 3 aliphatic carbocycles. The van der Waals surface area contributed by atoms with E-state index < -0.39 is 11.8 Å². The Morgan fingerprint density at radius 1 is 0.511 bits per heavy atom. The van der Waals surface area contributed by atoms with E-state index >= 15 is 0 Å². The van der Waals surface area contributed by atoms with E-state index in [2.05, 4.69) is 109 Å². The highest BCUT2D eigenvalue weighted by Gasteiger charge is 2.40. The predicted octanol–water partition coefficient (Wildman–Crippen LogP) is 10.6. The number of hydrogen-bond acceptors (Lipinski definition) is 3. The molecule has 7 aromatic carbocycles. The van der Waals surface area contributed by atoms with E-state index in [0.29, 0.717) is 0 Å². The van der Waals surface area contributed by atoms with Crippen LogP contribution in [0.25, 0.3) is 80.3 Å². The first-order valence-electron chi connectivity index (χ1n) is 15.3. The SMILES string of the molecule is O=C1C(=O)C2C=CC1C=C2c1cc(-c2ccccc2)c2ccc3c(-c4cccc5c4sc4ccccc45)ccc4ccc1c2c43. The highest BCUT2D eigenvalue weighted by molar-refractivity contribution is 7.26. The average molecular weight is 593 g/mol. The fourth-order valence-electron chi connectivity index (χ4n) is 7.84. The molecule has 0 amide bonds. The Morgan fingerprint density at radius 3 is 2.11 bits per heavy atom. The molecule has 0 radical (unpaired) electrons. The van der Waals surface area contributed by atoms with Gasteiger partial charge >= 0.3 is 0 Å². The van der Waals surface area contributed by atoms with E-state index in [1.807, 2.05) is 35.6 Å². The molecule has 2 unspecified atom stereocenters. The van der Waals surface area contributed by atoms with Crippen molar-refractivity contribution in [3.63, 3.8) is 0 Å². The fourth-order valence-corrected chi connectivity index (χ4v) is 9.07. The van der Waals surface area contributed by atoms with Crippen LogP contribution < -0.4 is 0 Å². The van der Waals surface area contributed by atoms with Gasteiger partial charge in [0.2, 0.25) is 11.6 Å². The van der Waals surface area contributed by atoms with E-state index in [-0.39, 0.29) is 11.6 Å². The Balaban J connectivity index is 1.32. The minimum atomic E-state index is -0.536. The van der Waals surface area contributed by atoms with Crippen LogP contribution in [0.5, 0.6) is 0 Å². The first-order chi connectivity index (χ1) is 22.2. The number of fused-ring (bicyclic) bond motifs is 4. The van der Waals surface area contributed by atoms with Gasteiger partial charge in [0.25, 0.3) is 0 Å². The van der Waals surface area contributed by atoms with E-state index in [4.69, 9.17) is 0 Å². The summed E-state index contributed by atoms with van der Waals surface area (Å²) in [4.78, 5) is 25.8. The van der Waals surface area contributed by atoms with Crippen LogP contribution in [-0.2, 0) is 9.59 Å². The third-order valence-electron chi connectivity index (χ3n) is 9.91. The highest BCUT2D eigenvalue weighted by atomic mass is 32.1. The van der Waals surface area contributed by atoms with Gasteiger partial charge in [0, 0.05) is 25.7 Å². The van der Waals surface area contributed by atoms with Gasteiger partial charge in [0.05, 0.1) is 11.8 Å². The minimum Gasteiger partial charge on any atom is -0.290 e. The lowest BCUT2D eigenvalue weighted by atomic mass is 9.71. The number of hydrogen-bond donors (Lipinski definition) is 0. The van der Waals surface area contributed by atoms with Gasteiger partial charge in [-0.2, -0.15) is 0 Å². The van der Waals surface area contributed by atoms with Gasteiger partial charge in [-0.25, -0.2) is 0 Å². The first kappa shape index (κ1) is 25.0. The standard InChI is InChI=1S/C42H24O2S/c43-40-25-15-18-31(41(40)44)35(21-25)36-22-34(23-7-2-1-3-8-23)29-20-19-28-26(16-13-24-14-17-30(36)39(29)38(24)28)32-10-6-11-33-27-9-4-5-12-37(27)45-42(32)33/h1-22,25,31H. The lowest BCUT2D eigenvalue weighted by molar-refractivity contribution is -0.139. The molecule has 0 aliphatic heterocycles. The monoisotopic (exact) mass is 592 g/mol. The summed E-state index contributed by atoms with van der Waals surface area (Å²) in [6.07, 6.45) is 5.82. The van der Waals surface area contributed by atoms with Crippen LogP contribution in [0.2, 0.25) is 0 Å². The second-order valence-corrected chi connectivity index (χ2v) is 13.3. The number of benzene rings is 7. The average Bonchev–Trinajstić information content (AvgIpc) is 3.48. The van der Waals surface area contributed by atoms with Gasteiger partial charge in [0.1, 0.15) is 0 Å². The van der Waals surface area contributed by atoms with Gasteiger partial charge in [-0.3, -0.25) is 9.59 Å². The molecule has 2 bridgehead atoms. The molecule has 0 saturated heterocycles. The molecule has 2 nitrogen and oxygen atoms in total. The Kier molecular flexibility index (Phi) is 5.04. The molecule has 0 saturated carbocycles. The van der Waals surface area contributed by atoms with Crippen LogP contribution in [0.1, 0.15) is 5.56 Å². The second-order valence-electron chi connectivity index (χ2n) is 12.2. The zero-order chi connectivity index (χ0) is 29.8. The molecule has 45 heavy (non-hydrogen) atoms. The maximum Gasteiger partial charge on any atom is 0.210 e. The van der Waals surface area contributed by atoms with Crippen molar-refractivity contribution in [1.29, 1.82) is 0 Å². The molecule has 210 valence electrons. The molecule has 3 heteroatoms. The smallest absolute Gasteiger partial charge is 0.210 e. The van der Waals surface area contributed by atoms with Crippen molar-refractivity contribution in [2.24, 2.45) is 11.8 Å². The largest absolute Gasteiger partial charge is 0.290 e. The number of carbonyl (C=O) groups is 2. The van der Waals surface area contributed by atoms with E-state index in [0.717, 1.165) is 27.6 Å². The van der Waals surface area contributed by atoms with E-state index in [1.165, 1.54) is 58.2 Å². The van der Waals surface area contributed by atoms with Gasteiger partial charge in [-0.15, -0.1) is 11.3 Å². The number of Topliss-reactive ketones (excluding diaryl/α,β-unsaturated/α-hetero) is 2. The van der Waals surface area contributed by atoms with Gasteiger partial charge in [0.15, 0.2) is 0 Å². The molecule has 8 aromatic rings. The van der Waals surface area contributed by atoms with Crippen LogP contribution in [0.4, 0.5) is 0 Å². The maximum atomic E-state index is 13.1. The molecule has 0 spiro atoms. The molecule has 1 heterocycles. The van der Waals surface area contributed by atoms with Crippen LogP contribution >= 0.6 is 11.3 Å². The maximum absolute atomic E-state index is 13.1. The summed E-state index contributed by atoms with van der Waals surface area (Å²) >= 11 is 1.86. The normalized spacial score (nSPS) is 17.9. The highest BCUT2D eigenvalue weighted by Crippen LogP contribution is 2.49. The van der Waals surface area contributed by atoms with Gasteiger partial charge in [-0.05, 0) is 72.3 Å². The Hall–Kier alpha value is -5.38. The summed E-state index contributed by atoms with van der Waals surface area (Å²) in [5.41, 5.74) is 6.71. The van der Waals surface area contributed by atoms with Crippen molar-refractivity contribution >= 4 is 81.0 Å². The minimum absolute atomic E-state index is 0.299. The van der Waals surface area contributed by atoms with Crippen LogP contribution in [0.3, 0.4) is 0 Å². The van der Waals surface area contributed by atoms with Crippen molar-refractivity contribution in [2.45, 2.75) is 0 Å².